The normalized spacial score (nSPS) is 18.7. The SMILES string of the molecule is O=C(Nc1nc2cncnc2s1)C(SC1CCCC1)c1ccc(S(=O)(=O)N2CCCC2)cc1. The molecule has 0 spiro atoms. The van der Waals surface area contributed by atoms with Crippen LogP contribution < -0.4 is 5.32 Å². The van der Waals surface area contributed by atoms with Crippen LogP contribution >= 0.6 is 23.1 Å². The van der Waals surface area contributed by atoms with Crippen LogP contribution in [0, 0.1) is 0 Å². The van der Waals surface area contributed by atoms with E-state index >= 15 is 0 Å². The first-order valence-corrected chi connectivity index (χ1v) is 14.3. The third kappa shape index (κ3) is 4.91. The molecule has 1 amide bonds. The van der Waals surface area contributed by atoms with Crippen molar-refractivity contribution in [2.24, 2.45) is 0 Å². The molecule has 2 fully saturated rings. The van der Waals surface area contributed by atoms with Gasteiger partial charge in [-0.15, -0.1) is 11.8 Å². The van der Waals surface area contributed by atoms with Gasteiger partial charge in [-0.25, -0.2) is 23.4 Å². The van der Waals surface area contributed by atoms with Gasteiger partial charge < -0.3 is 5.32 Å². The molecule has 1 aromatic carbocycles. The fourth-order valence-corrected chi connectivity index (χ4v) is 8.10. The average Bonchev–Trinajstić information content (AvgIpc) is 3.59. The molecule has 1 N–H and O–H groups in total. The average molecular weight is 504 g/mol. The number of sulfonamides is 1. The molecule has 1 atom stereocenters. The van der Waals surface area contributed by atoms with Crippen LogP contribution in [0.3, 0.4) is 0 Å². The Hall–Kier alpha value is -2.08. The van der Waals surface area contributed by atoms with E-state index in [-0.39, 0.29) is 10.8 Å². The number of hydrogen-bond donors (Lipinski definition) is 1. The molecule has 1 unspecified atom stereocenters. The van der Waals surface area contributed by atoms with Crippen molar-refractivity contribution in [1.29, 1.82) is 0 Å². The number of hydrogen-bond acceptors (Lipinski definition) is 8. The first-order valence-electron chi connectivity index (χ1n) is 11.1. The molecule has 1 aliphatic heterocycles. The summed E-state index contributed by atoms with van der Waals surface area (Å²) in [6, 6.07) is 6.81. The van der Waals surface area contributed by atoms with Crippen LogP contribution in [0.25, 0.3) is 10.3 Å². The van der Waals surface area contributed by atoms with Gasteiger partial charge >= 0.3 is 0 Å². The minimum Gasteiger partial charge on any atom is -0.301 e. The van der Waals surface area contributed by atoms with Crippen molar-refractivity contribution >= 4 is 54.5 Å². The Balaban J connectivity index is 1.38. The summed E-state index contributed by atoms with van der Waals surface area (Å²) in [4.78, 5) is 26.9. The molecule has 1 saturated heterocycles. The van der Waals surface area contributed by atoms with E-state index in [9.17, 15) is 13.2 Å². The number of nitrogens with zero attached hydrogens (tertiary/aromatic N) is 4. The summed E-state index contributed by atoms with van der Waals surface area (Å²) in [6.45, 7) is 1.14. The number of aromatic nitrogens is 3. The zero-order valence-corrected chi connectivity index (χ0v) is 20.5. The molecule has 2 aliphatic rings. The van der Waals surface area contributed by atoms with Gasteiger partial charge in [0, 0.05) is 18.3 Å². The van der Waals surface area contributed by atoms with Crippen molar-refractivity contribution in [1.82, 2.24) is 19.3 Å². The standard InChI is InChI=1S/C22H25N5O3S3/c28-20(26-22-25-18-13-23-14-24-21(18)32-22)19(31-16-5-1-2-6-16)15-7-9-17(10-8-15)33(29,30)27-11-3-4-12-27/h7-10,13-14,16,19H,1-6,11-12H2,(H,25,26,28). The second kappa shape index (κ2) is 9.65. The summed E-state index contributed by atoms with van der Waals surface area (Å²) in [5.74, 6) is -0.158. The lowest BCUT2D eigenvalue weighted by Gasteiger charge is -2.21. The van der Waals surface area contributed by atoms with E-state index in [0.29, 0.717) is 29.0 Å². The van der Waals surface area contributed by atoms with Gasteiger partial charge in [0.15, 0.2) is 5.13 Å². The number of amides is 1. The maximum Gasteiger partial charge on any atom is 0.243 e. The molecule has 33 heavy (non-hydrogen) atoms. The van der Waals surface area contributed by atoms with Gasteiger partial charge in [0.25, 0.3) is 0 Å². The molecule has 0 radical (unpaired) electrons. The summed E-state index contributed by atoms with van der Waals surface area (Å²) >= 11 is 2.97. The van der Waals surface area contributed by atoms with E-state index in [4.69, 9.17) is 0 Å². The van der Waals surface area contributed by atoms with Gasteiger partial charge in [-0.3, -0.25) is 4.79 Å². The first-order chi connectivity index (χ1) is 16.0. The highest BCUT2D eigenvalue weighted by Crippen LogP contribution is 2.41. The van der Waals surface area contributed by atoms with Crippen LogP contribution in [0.4, 0.5) is 5.13 Å². The van der Waals surface area contributed by atoms with Crippen LogP contribution in [-0.2, 0) is 14.8 Å². The molecule has 8 nitrogen and oxygen atoms in total. The Morgan fingerprint density at radius 3 is 2.55 bits per heavy atom. The Bertz CT molecular complexity index is 1200. The molecule has 3 aromatic rings. The number of rotatable bonds is 7. The van der Waals surface area contributed by atoms with Crippen LogP contribution in [-0.4, -0.2) is 51.9 Å². The van der Waals surface area contributed by atoms with Gasteiger partial charge in [-0.05, 0) is 43.4 Å². The molecular formula is C22H25N5O3S3. The number of benzene rings is 1. The van der Waals surface area contributed by atoms with Crippen molar-refractivity contribution in [3.63, 3.8) is 0 Å². The molecule has 174 valence electrons. The Morgan fingerprint density at radius 1 is 1.12 bits per heavy atom. The lowest BCUT2D eigenvalue weighted by Crippen LogP contribution is -2.28. The number of anilines is 1. The zero-order valence-electron chi connectivity index (χ0n) is 18.0. The van der Waals surface area contributed by atoms with Crippen LogP contribution in [0.15, 0.2) is 41.7 Å². The van der Waals surface area contributed by atoms with E-state index < -0.39 is 15.3 Å². The second-order valence-corrected chi connectivity index (χ2v) is 12.6. The van der Waals surface area contributed by atoms with Gasteiger partial charge in [0.2, 0.25) is 15.9 Å². The Labute approximate surface area is 201 Å². The highest BCUT2D eigenvalue weighted by atomic mass is 32.2. The van der Waals surface area contributed by atoms with Crippen molar-refractivity contribution in [3.05, 3.63) is 42.4 Å². The summed E-state index contributed by atoms with van der Waals surface area (Å²) in [6.07, 6.45) is 9.41. The molecule has 11 heteroatoms. The van der Waals surface area contributed by atoms with E-state index in [2.05, 4.69) is 20.3 Å². The number of thiazole rings is 1. The van der Waals surface area contributed by atoms with Crippen molar-refractivity contribution in [2.75, 3.05) is 18.4 Å². The maximum absolute atomic E-state index is 13.3. The van der Waals surface area contributed by atoms with Crippen molar-refractivity contribution in [3.8, 4) is 0 Å². The molecule has 1 aliphatic carbocycles. The third-order valence-corrected chi connectivity index (χ3v) is 10.5. The topological polar surface area (TPSA) is 105 Å². The van der Waals surface area contributed by atoms with E-state index in [0.717, 1.165) is 36.1 Å². The fourth-order valence-electron chi connectivity index (χ4n) is 4.32. The predicted octanol–water partition coefficient (Wildman–Crippen LogP) is 4.23. The Kier molecular flexibility index (Phi) is 6.64. The van der Waals surface area contributed by atoms with Crippen molar-refractivity contribution < 1.29 is 13.2 Å². The minimum absolute atomic E-state index is 0.158. The number of fused-ring (bicyclic) bond motifs is 1. The van der Waals surface area contributed by atoms with Crippen LogP contribution in [0.5, 0.6) is 0 Å². The first kappa shape index (κ1) is 22.7. The number of carbonyl (C=O) groups excluding carboxylic acids is 1. The highest BCUT2D eigenvalue weighted by Gasteiger charge is 2.30. The second-order valence-electron chi connectivity index (χ2n) is 8.32. The zero-order chi connectivity index (χ0) is 22.8. The molecular weight excluding hydrogens is 478 g/mol. The van der Waals surface area contributed by atoms with E-state index in [1.165, 1.54) is 34.8 Å². The van der Waals surface area contributed by atoms with Crippen molar-refractivity contribution in [2.45, 2.75) is 53.9 Å². The van der Waals surface area contributed by atoms with Gasteiger partial charge in [0.05, 0.1) is 11.1 Å². The van der Waals surface area contributed by atoms with Crippen LogP contribution in [0.1, 0.15) is 49.3 Å². The van der Waals surface area contributed by atoms with Gasteiger partial charge in [-0.2, -0.15) is 4.31 Å². The fraction of sp³-hybridized carbons (Fsp3) is 0.455. The van der Waals surface area contributed by atoms with E-state index in [1.807, 2.05) is 0 Å². The number of carbonyl (C=O) groups is 1. The largest absolute Gasteiger partial charge is 0.301 e. The molecule has 0 bridgehead atoms. The van der Waals surface area contributed by atoms with Gasteiger partial charge in [0.1, 0.15) is 21.9 Å². The summed E-state index contributed by atoms with van der Waals surface area (Å²) in [5.41, 5.74) is 1.44. The summed E-state index contributed by atoms with van der Waals surface area (Å²) in [5, 5.41) is 3.40. The van der Waals surface area contributed by atoms with Crippen LogP contribution in [0.2, 0.25) is 0 Å². The number of thioether (sulfide) groups is 1. The smallest absolute Gasteiger partial charge is 0.243 e. The molecule has 1 saturated carbocycles. The summed E-state index contributed by atoms with van der Waals surface area (Å²) in [7, 11) is -3.48. The maximum atomic E-state index is 13.3. The molecule has 2 aromatic heterocycles. The quantitative estimate of drug-likeness (QED) is 0.514. The third-order valence-electron chi connectivity index (χ3n) is 6.06. The van der Waals surface area contributed by atoms with E-state index in [1.54, 1.807) is 42.2 Å². The lowest BCUT2D eigenvalue weighted by atomic mass is 10.1. The number of nitrogens with one attached hydrogen (secondary N) is 1. The summed E-state index contributed by atoms with van der Waals surface area (Å²) < 4.78 is 27.3. The minimum atomic E-state index is -3.48. The highest BCUT2D eigenvalue weighted by molar-refractivity contribution is 8.00. The van der Waals surface area contributed by atoms with Gasteiger partial charge in [-0.1, -0.05) is 36.3 Å². The monoisotopic (exact) mass is 503 g/mol. The molecule has 5 rings (SSSR count). The predicted molar refractivity (Wildman–Crippen MR) is 131 cm³/mol. The molecule has 3 heterocycles. The Morgan fingerprint density at radius 2 is 1.85 bits per heavy atom. The lowest BCUT2D eigenvalue weighted by molar-refractivity contribution is -0.115.